The van der Waals surface area contributed by atoms with Crippen LogP contribution in [0.2, 0.25) is 0 Å². The molecule has 0 saturated heterocycles. The second-order valence-electron chi connectivity index (χ2n) is 4.47. The van der Waals surface area contributed by atoms with E-state index in [1.54, 1.807) is 0 Å². The first kappa shape index (κ1) is 15.0. The van der Waals surface area contributed by atoms with Gasteiger partial charge in [-0.25, -0.2) is 4.79 Å². The zero-order valence-corrected chi connectivity index (χ0v) is 11.1. The molecule has 0 aromatic heterocycles. The van der Waals surface area contributed by atoms with Gasteiger partial charge >= 0.3 is 5.97 Å². The Hall–Kier alpha value is -2.04. The summed E-state index contributed by atoms with van der Waals surface area (Å²) in [4.78, 5) is 22.4. The minimum atomic E-state index is -1.04. The van der Waals surface area contributed by atoms with Crippen LogP contribution in [-0.2, 0) is 4.79 Å². The lowest BCUT2D eigenvalue weighted by atomic mass is 10.1. The van der Waals surface area contributed by atoms with E-state index in [0.29, 0.717) is 12.1 Å². The van der Waals surface area contributed by atoms with Gasteiger partial charge in [-0.3, -0.25) is 4.79 Å². The van der Waals surface area contributed by atoms with Crippen molar-refractivity contribution >= 4 is 23.3 Å². The number of aromatic carboxylic acids is 1. The van der Waals surface area contributed by atoms with Crippen LogP contribution in [0.5, 0.6) is 0 Å². The molecule has 0 atom stereocenters. The van der Waals surface area contributed by atoms with Gasteiger partial charge in [-0.1, -0.05) is 26.2 Å². The Labute approximate surface area is 112 Å². The molecule has 19 heavy (non-hydrogen) atoms. The molecule has 0 heterocycles. The van der Waals surface area contributed by atoms with Crippen molar-refractivity contribution in [2.45, 2.75) is 39.0 Å². The van der Waals surface area contributed by atoms with Crippen molar-refractivity contribution in [2.24, 2.45) is 0 Å². The zero-order valence-electron chi connectivity index (χ0n) is 11.1. The molecule has 0 bridgehead atoms. The summed E-state index contributed by atoms with van der Waals surface area (Å²) in [5.41, 5.74) is 6.54. The number of benzene rings is 1. The van der Waals surface area contributed by atoms with Crippen molar-refractivity contribution in [3.63, 3.8) is 0 Å². The third-order valence-corrected chi connectivity index (χ3v) is 2.83. The molecule has 5 nitrogen and oxygen atoms in total. The van der Waals surface area contributed by atoms with Gasteiger partial charge in [0.15, 0.2) is 0 Å². The first-order valence-corrected chi connectivity index (χ1v) is 6.47. The average Bonchev–Trinajstić information content (AvgIpc) is 2.37. The molecule has 1 rings (SSSR count). The summed E-state index contributed by atoms with van der Waals surface area (Å²) in [6.07, 6.45) is 4.61. The van der Waals surface area contributed by atoms with Crippen LogP contribution < -0.4 is 11.1 Å². The topological polar surface area (TPSA) is 92.4 Å². The second-order valence-corrected chi connectivity index (χ2v) is 4.47. The Morgan fingerprint density at radius 1 is 1.26 bits per heavy atom. The lowest BCUT2D eigenvalue weighted by Gasteiger charge is -2.08. The highest BCUT2D eigenvalue weighted by atomic mass is 16.4. The average molecular weight is 264 g/mol. The number of amides is 1. The second kappa shape index (κ2) is 7.41. The molecule has 1 aromatic rings. The van der Waals surface area contributed by atoms with Gasteiger partial charge in [0.25, 0.3) is 0 Å². The van der Waals surface area contributed by atoms with Crippen LogP contribution >= 0.6 is 0 Å². The zero-order chi connectivity index (χ0) is 14.3. The van der Waals surface area contributed by atoms with Crippen molar-refractivity contribution in [3.05, 3.63) is 23.8 Å². The normalized spacial score (nSPS) is 10.2. The Kier molecular flexibility index (Phi) is 5.85. The molecule has 0 aliphatic rings. The molecule has 0 unspecified atom stereocenters. The van der Waals surface area contributed by atoms with Crippen LogP contribution in [-0.4, -0.2) is 17.0 Å². The summed E-state index contributed by atoms with van der Waals surface area (Å²) >= 11 is 0. The molecule has 0 fully saturated rings. The van der Waals surface area contributed by atoms with Crippen LogP contribution in [0.4, 0.5) is 11.4 Å². The van der Waals surface area contributed by atoms with Crippen LogP contribution in [0.1, 0.15) is 49.4 Å². The molecule has 1 amide bonds. The van der Waals surface area contributed by atoms with E-state index in [1.807, 2.05) is 0 Å². The Balaban J connectivity index is 2.52. The quantitative estimate of drug-likeness (QED) is 0.521. The summed E-state index contributed by atoms with van der Waals surface area (Å²) in [6, 6.07) is 4.28. The van der Waals surface area contributed by atoms with E-state index in [4.69, 9.17) is 10.8 Å². The minimum absolute atomic E-state index is 0.0918. The maximum atomic E-state index is 11.7. The summed E-state index contributed by atoms with van der Waals surface area (Å²) in [5.74, 6) is -1.13. The maximum absolute atomic E-state index is 11.7. The number of carboxylic acid groups (broad SMARTS) is 1. The van der Waals surface area contributed by atoms with Crippen molar-refractivity contribution in [2.75, 3.05) is 11.1 Å². The summed E-state index contributed by atoms with van der Waals surface area (Å²) in [7, 11) is 0. The van der Waals surface area contributed by atoms with E-state index >= 15 is 0 Å². The first-order valence-electron chi connectivity index (χ1n) is 6.47. The van der Waals surface area contributed by atoms with Crippen LogP contribution in [0.15, 0.2) is 18.2 Å². The fourth-order valence-electron chi connectivity index (χ4n) is 1.73. The highest BCUT2D eigenvalue weighted by Gasteiger charge is 2.08. The summed E-state index contributed by atoms with van der Waals surface area (Å²) in [6.45, 7) is 2.12. The predicted octanol–water partition coefficient (Wildman–Crippen LogP) is 2.88. The number of hydrogen-bond donors (Lipinski definition) is 3. The van der Waals surface area contributed by atoms with Gasteiger partial charge in [-0.05, 0) is 24.6 Å². The van der Waals surface area contributed by atoms with E-state index < -0.39 is 5.97 Å². The summed E-state index contributed by atoms with van der Waals surface area (Å²) in [5, 5.41) is 11.5. The smallest absolute Gasteiger partial charge is 0.335 e. The molecule has 1 aromatic carbocycles. The number of rotatable bonds is 7. The molecule has 104 valence electrons. The van der Waals surface area contributed by atoms with Crippen LogP contribution in [0.3, 0.4) is 0 Å². The molecule has 0 radical (unpaired) electrons. The maximum Gasteiger partial charge on any atom is 0.335 e. The van der Waals surface area contributed by atoms with Gasteiger partial charge in [0, 0.05) is 6.42 Å². The monoisotopic (exact) mass is 264 g/mol. The number of hydrogen-bond acceptors (Lipinski definition) is 3. The number of nitrogens with two attached hydrogens (primary N) is 1. The molecule has 5 heteroatoms. The highest BCUT2D eigenvalue weighted by Crippen LogP contribution is 2.20. The fourth-order valence-corrected chi connectivity index (χ4v) is 1.73. The molecule has 0 saturated carbocycles. The largest absolute Gasteiger partial charge is 0.478 e. The number of carboxylic acids is 1. The Morgan fingerprint density at radius 2 is 2.00 bits per heavy atom. The molecular weight excluding hydrogens is 244 g/mol. The van der Waals surface area contributed by atoms with Gasteiger partial charge in [0.1, 0.15) is 0 Å². The molecule has 0 aliphatic carbocycles. The number of carbonyl (C=O) groups excluding carboxylic acids is 1. The number of nitrogen functional groups attached to an aromatic ring is 1. The third kappa shape index (κ3) is 4.99. The van der Waals surface area contributed by atoms with E-state index in [2.05, 4.69) is 12.2 Å². The summed E-state index contributed by atoms with van der Waals surface area (Å²) < 4.78 is 0. The van der Waals surface area contributed by atoms with Gasteiger partial charge in [-0.15, -0.1) is 0 Å². The van der Waals surface area contributed by atoms with Crippen molar-refractivity contribution in [3.8, 4) is 0 Å². The van der Waals surface area contributed by atoms with Crippen molar-refractivity contribution in [1.82, 2.24) is 0 Å². The molecule has 0 aliphatic heterocycles. The van der Waals surface area contributed by atoms with E-state index in [9.17, 15) is 9.59 Å². The standard InChI is InChI=1S/C14H20N2O3/c1-2-3-4-5-6-13(17)16-12-8-7-10(14(18)19)9-11(12)15/h7-9H,2-6,15H2,1H3,(H,16,17)(H,18,19). The first-order chi connectivity index (χ1) is 9.04. The number of nitrogens with one attached hydrogen (secondary N) is 1. The highest BCUT2D eigenvalue weighted by molar-refractivity contribution is 5.96. The lowest BCUT2D eigenvalue weighted by Crippen LogP contribution is -2.13. The molecule has 0 spiro atoms. The lowest BCUT2D eigenvalue weighted by molar-refractivity contribution is -0.116. The van der Waals surface area contributed by atoms with Crippen LogP contribution in [0.25, 0.3) is 0 Å². The number of unbranched alkanes of at least 4 members (excludes halogenated alkanes) is 3. The van der Waals surface area contributed by atoms with E-state index in [1.165, 1.54) is 18.2 Å². The predicted molar refractivity (Wildman–Crippen MR) is 75.2 cm³/mol. The van der Waals surface area contributed by atoms with Gasteiger partial charge in [-0.2, -0.15) is 0 Å². The molecular formula is C14H20N2O3. The fraction of sp³-hybridized carbons (Fsp3) is 0.429. The Morgan fingerprint density at radius 3 is 2.58 bits per heavy atom. The minimum Gasteiger partial charge on any atom is -0.478 e. The van der Waals surface area contributed by atoms with Crippen LogP contribution in [0, 0.1) is 0 Å². The Bertz CT molecular complexity index is 458. The molecule has 4 N–H and O–H groups in total. The van der Waals surface area contributed by atoms with E-state index in [-0.39, 0.29) is 17.2 Å². The number of carbonyl (C=O) groups is 2. The van der Waals surface area contributed by atoms with Gasteiger partial charge in [0.05, 0.1) is 16.9 Å². The number of anilines is 2. The van der Waals surface area contributed by atoms with Crippen molar-refractivity contribution < 1.29 is 14.7 Å². The van der Waals surface area contributed by atoms with Gasteiger partial charge in [0.2, 0.25) is 5.91 Å². The van der Waals surface area contributed by atoms with Gasteiger partial charge < -0.3 is 16.2 Å². The van der Waals surface area contributed by atoms with E-state index in [0.717, 1.165) is 25.7 Å². The third-order valence-electron chi connectivity index (χ3n) is 2.83. The SMILES string of the molecule is CCCCCCC(=O)Nc1ccc(C(=O)O)cc1N. The van der Waals surface area contributed by atoms with Crippen molar-refractivity contribution in [1.29, 1.82) is 0 Å².